The Balaban J connectivity index is 1.88. The maximum atomic E-state index is 4.35. The van der Waals surface area contributed by atoms with E-state index in [0.29, 0.717) is 5.41 Å². The average Bonchev–Trinajstić information content (AvgIpc) is 2.84. The van der Waals surface area contributed by atoms with Gasteiger partial charge in [-0.25, -0.2) is 4.98 Å². The van der Waals surface area contributed by atoms with Gasteiger partial charge in [0.2, 0.25) is 0 Å². The van der Waals surface area contributed by atoms with Crippen LogP contribution in [0.3, 0.4) is 0 Å². The maximum Gasteiger partial charge on any atom is 0.146 e. The molecule has 0 aromatic carbocycles. The zero-order valence-electron chi connectivity index (χ0n) is 9.54. The normalized spacial score (nSPS) is 22.2. The first-order valence-corrected chi connectivity index (χ1v) is 5.35. The summed E-state index contributed by atoms with van der Waals surface area (Å²) in [6, 6.07) is 0. The lowest BCUT2D eigenvalue weighted by molar-refractivity contribution is 0.573. The summed E-state index contributed by atoms with van der Waals surface area (Å²) in [7, 11) is 1.85. The molecule has 1 aromatic heterocycles. The molecule has 1 atom stereocenters. The van der Waals surface area contributed by atoms with Crippen molar-refractivity contribution in [1.82, 2.24) is 9.97 Å². The minimum atomic E-state index is 0.515. The number of nitrogens with zero attached hydrogens (tertiary/aromatic N) is 2. The first-order chi connectivity index (χ1) is 7.12. The van der Waals surface area contributed by atoms with Gasteiger partial charge < -0.3 is 10.6 Å². The lowest BCUT2D eigenvalue weighted by Gasteiger charge is -2.07. The highest BCUT2D eigenvalue weighted by Crippen LogP contribution is 2.51. The summed E-state index contributed by atoms with van der Waals surface area (Å²) in [4.78, 5) is 8.46. The summed E-state index contributed by atoms with van der Waals surface area (Å²) in [5, 5.41) is 6.30. The Bertz CT molecular complexity index is 348. The Morgan fingerprint density at radius 2 is 2.07 bits per heavy atom. The number of rotatable bonds is 4. The van der Waals surface area contributed by atoms with Crippen molar-refractivity contribution < 1.29 is 0 Å². The SMILES string of the molecule is CNc1cncc(NCC2CC2(C)C)n1. The van der Waals surface area contributed by atoms with Crippen LogP contribution in [0.15, 0.2) is 12.4 Å². The van der Waals surface area contributed by atoms with E-state index in [1.54, 1.807) is 12.4 Å². The van der Waals surface area contributed by atoms with Crippen LogP contribution in [0.25, 0.3) is 0 Å². The van der Waals surface area contributed by atoms with Gasteiger partial charge in [-0.05, 0) is 17.8 Å². The van der Waals surface area contributed by atoms with Crippen molar-refractivity contribution in [3.8, 4) is 0 Å². The molecule has 82 valence electrons. The van der Waals surface area contributed by atoms with E-state index >= 15 is 0 Å². The van der Waals surface area contributed by atoms with Gasteiger partial charge in [-0.1, -0.05) is 13.8 Å². The van der Waals surface area contributed by atoms with Crippen LogP contribution in [0.4, 0.5) is 11.6 Å². The van der Waals surface area contributed by atoms with Crippen LogP contribution in [0.1, 0.15) is 20.3 Å². The molecule has 1 fully saturated rings. The van der Waals surface area contributed by atoms with E-state index in [2.05, 4.69) is 34.4 Å². The lowest BCUT2D eigenvalue weighted by atomic mass is 10.1. The molecule has 15 heavy (non-hydrogen) atoms. The number of hydrogen-bond acceptors (Lipinski definition) is 4. The maximum absolute atomic E-state index is 4.35. The summed E-state index contributed by atoms with van der Waals surface area (Å²) in [5.74, 6) is 2.43. The zero-order chi connectivity index (χ0) is 10.9. The predicted octanol–water partition coefficient (Wildman–Crippen LogP) is 1.98. The third-order valence-electron chi connectivity index (χ3n) is 3.14. The lowest BCUT2D eigenvalue weighted by Crippen LogP contribution is -2.09. The minimum absolute atomic E-state index is 0.515. The zero-order valence-corrected chi connectivity index (χ0v) is 9.54. The fraction of sp³-hybridized carbons (Fsp3) is 0.636. The fourth-order valence-electron chi connectivity index (χ4n) is 1.72. The predicted molar refractivity (Wildman–Crippen MR) is 62.0 cm³/mol. The third-order valence-corrected chi connectivity index (χ3v) is 3.14. The summed E-state index contributed by atoms with van der Waals surface area (Å²) in [6.45, 7) is 5.60. The van der Waals surface area contributed by atoms with Gasteiger partial charge >= 0.3 is 0 Å². The number of aromatic nitrogens is 2. The molecule has 0 aliphatic heterocycles. The fourth-order valence-corrected chi connectivity index (χ4v) is 1.72. The molecule has 4 heteroatoms. The highest BCUT2D eigenvalue weighted by atomic mass is 15.1. The highest BCUT2D eigenvalue weighted by molar-refractivity contribution is 5.41. The third kappa shape index (κ3) is 2.37. The molecule has 1 aliphatic carbocycles. The molecule has 0 radical (unpaired) electrons. The molecule has 1 aromatic rings. The summed E-state index contributed by atoms with van der Waals surface area (Å²) in [6.07, 6.45) is 4.78. The Morgan fingerprint density at radius 1 is 1.40 bits per heavy atom. The van der Waals surface area contributed by atoms with Crippen LogP contribution in [0, 0.1) is 11.3 Å². The van der Waals surface area contributed by atoms with Gasteiger partial charge in [-0.15, -0.1) is 0 Å². The van der Waals surface area contributed by atoms with Gasteiger partial charge in [-0.2, -0.15) is 0 Å². The second kappa shape index (κ2) is 3.68. The second-order valence-corrected chi connectivity index (χ2v) is 4.81. The largest absolute Gasteiger partial charge is 0.372 e. The van der Waals surface area contributed by atoms with E-state index in [-0.39, 0.29) is 0 Å². The van der Waals surface area contributed by atoms with Crippen molar-refractivity contribution in [3.05, 3.63) is 12.4 Å². The van der Waals surface area contributed by atoms with Gasteiger partial charge in [0.25, 0.3) is 0 Å². The van der Waals surface area contributed by atoms with Crippen LogP contribution in [-0.4, -0.2) is 23.6 Å². The Labute approximate surface area is 90.5 Å². The molecule has 0 bridgehead atoms. The number of anilines is 2. The van der Waals surface area contributed by atoms with Crippen LogP contribution in [0.2, 0.25) is 0 Å². The van der Waals surface area contributed by atoms with Crippen LogP contribution >= 0.6 is 0 Å². The molecule has 2 rings (SSSR count). The van der Waals surface area contributed by atoms with Crippen molar-refractivity contribution in [2.75, 3.05) is 24.2 Å². The van der Waals surface area contributed by atoms with E-state index in [1.165, 1.54) is 6.42 Å². The molecule has 1 unspecified atom stereocenters. The van der Waals surface area contributed by atoms with Crippen molar-refractivity contribution >= 4 is 11.6 Å². The van der Waals surface area contributed by atoms with Gasteiger partial charge in [0.15, 0.2) is 0 Å². The summed E-state index contributed by atoms with van der Waals surface area (Å²) in [5.41, 5.74) is 0.515. The van der Waals surface area contributed by atoms with E-state index < -0.39 is 0 Å². The number of hydrogen-bond donors (Lipinski definition) is 2. The summed E-state index contributed by atoms with van der Waals surface area (Å²) < 4.78 is 0. The molecular weight excluding hydrogens is 188 g/mol. The quantitative estimate of drug-likeness (QED) is 0.791. The van der Waals surface area contributed by atoms with Gasteiger partial charge in [0, 0.05) is 13.6 Å². The van der Waals surface area contributed by atoms with E-state index in [0.717, 1.165) is 24.1 Å². The standard InChI is InChI=1S/C11H18N4/c1-11(2)4-8(11)5-14-10-7-13-6-9(12-3)15-10/h6-8H,4-5H2,1-3H3,(H2,12,14,15). The Hall–Kier alpha value is -1.32. The topological polar surface area (TPSA) is 49.8 Å². The van der Waals surface area contributed by atoms with Crippen LogP contribution < -0.4 is 10.6 Å². The van der Waals surface area contributed by atoms with Crippen molar-refractivity contribution in [2.24, 2.45) is 11.3 Å². The summed E-state index contributed by atoms with van der Waals surface area (Å²) >= 11 is 0. The minimum Gasteiger partial charge on any atom is -0.372 e. The highest BCUT2D eigenvalue weighted by Gasteiger charge is 2.44. The molecule has 1 heterocycles. The molecular formula is C11H18N4. The van der Waals surface area contributed by atoms with Crippen molar-refractivity contribution in [1.29, 1.82) is 0 Å². The average molecular weight is 206 g/mol. The van der Waals surface area contributed by atoms with Crippen molar-refractivity contribution in [3.63, 3.8) is 0 Å². The molecule has 1 saturated carbocycles. The second-order valence-electron chi connectivity index (χ2n) is 4.81. The molecule has 2 N–H and O–H groups in total. The number of nitrogens with one attached hydrogen (secondary N) is 2. The van der Waals surface area contributed by atoms with Gasteiger partial charge in [-0.3, -0.25) is 4.98 Å². The first-order valence-electron chi connectivity index (χ1n) is 5.35. The van der Waals surface area contributed by atoms with Crippen LogP contribution in [0.5, 0.6) is 0 Å². The Kier molecular flexibility index (Phi) is 2.50. The monoisotopic (exact) mass is 206 g/mol. The molecule has 4 nitrogen and oxygen atoms in total. The smallest absolute Gasteiger partial charge is 0.146 e. The van der Waals surface area contributed by atoms with E-state index in [9.17, 15) is 0 Å². The van der Waals surface area contributed by atoms with E-state index in [1.807, 2.05) is 7.05 Å². The molecule has 0 amide bonds. The van der Waals surface area contributed by atoms with E-state index in [4.69, 9.17) is 0 Å². The first kappa shape index (κ1) is 10.2. The Morgan fingerprint density at radius 3 is 2.67 bits per heavy atom. The van der Waals surface area contributed by atoms with Gasteiger partial charge in [0.1, 0.15) is 11.6 Å². The molecule has 1 aliphatic rings. The van der Waals surface area contributed by atoms with Crippen molar-refractivity contribution in [2.45, 2.75) is 20.3 Å². The molecule has 0 saturated heterocycles. The molecule has 0 spiro atoms. The van der Waals surface area contributed by atoms with Crippen LogP contribution in [-0.2, 0) is 0 Å². The van der Waals surface area contributed by atoms with Gasteiger partial charge in [0.05, 0.1) is 12.4 Å².